The van der Waals surface area contributed by atoms with Gasteiger partial charge in [-0.15, -0.1) is 0 Å². The van der Waals surface area contributed by atoms with Gasteiger partial charge < -0.3 is 15.5 Å². The Morgan fingerprint density at radius 3 is 2.93 bits per heavy atom. The van der Waals surface area contributed by atoms with E-state index in [0.29, 0.717) is 24.8 Å². The van der Waals surface area contributed by atoms with Crippen LogP contribution in [0.4, 0.5) is 8.78 Å². The SMILES string of the molecule is O=C(Cc1cccc(F)c1F)NC[C@H]1[C@@H]2CNC[C@@H](C2)[C@@H]2CCCC(=O)N21. The molecule has 146 valence electrons. The first-order chi connectivity index (χ1) is 13.0. The molecule has 0 radical (unpaired) electrons. The Kier molecular flexibility index (Phi) is 5.12. The van der Waals surface area contributed by atoms with E-state index >= 15 is 0 Å². The van der Waals surface area contributed by atoms with Crippen LogP contribution in [-0.4, -0.2) is 48.4 Å². The molecule has 7 heteroatoms. The third kappa shape index (κ3) is 3.57. The number of piperidine rings is 3. The number of carbonyl (C=O) groups excluding carboxylic acids is 2. The standard InChI is InChI=1S/C20H25F2N3O2/c21-15-4-1-3-12(20(15)22)8-18(26)24-11-17-14-7-13(9-23-10-14)16-5-2-6-19(27)25(16)17/h1,3-4,13-14,16-17,23H,2,5-11H2,(H,24,26)/t13-,14+,16+,17+/m1/s1. The van der Waals surface area contributed by atoms with E-state index in [1.54, 1.807) is 0 Å². The summed E-state index contributed by atoms with van der Waals surface area (Å²) in [5.41, 5.74) is 0.0440. The van der Waals surface area contributed by atoms with Gasteiger partial charge in [0.25, 0.3) is 0 Å². The number of carbonyl (C=O) groups is 2. The first-order valence-corrected chi connectivity index (χ1v) is 9.76. The van der Waals surface area contributed by atoms with Crippen LogP contribution >= 0.6 is 0 Å². The summed E-state index contributed by atoms with van der Waals surface area (Å²) in [6.45, 7) is 2.14. The molecule has 0 spiro atoms. The van der Waals surface area contributed by atoms with Crippen molar-refractivity contribution in [2.75, 3.05) is 19.6 Å². The minimum Gasteiger partial charge on any atom is -0.354 e. The van der Waals surface area contributed by atoms with E-state index in [1.165, 1.54) is 12.1 Å². The van der Waals surface area contributed by atoms with E-state index in [2.05, 4.69) is 10.6 Å². The number of hydrogen-bond acceptors (Lipinski definition) is 3. The van der Waals surface area contributed by atoms with Gasteiger partial charge in [0.1, 0.15) is 0 Å². The van der Waals surface area contributed by atoms with Crippen molar-refractivity contribution in [1.82, 2.24) is 15.5 Å². The van der Waals surface area contributed by atoms with Crippen LogP contribution in [0, 0.1) is 23.5 Å². The molecule has 1 aromatic carbocycles. The number of halogens is 2. The Balaban J connectivity index is 1.43. The maximum Gasteiger partial charge on any atom is 0.224 e. The fourth-order valence-corrected chi connectivity index (χ4v) is 5.04. The predicted molar refractivity (Wildman–Crippen MR) is 95.8 cm³/mol. The van der Waals surface area contributed by atoms with Gasteiger partial charge in [-0.25, -0.2) is 8.78 Å². The molecule has 2 N–H and O–H groups in total. The summed E-state index contributed by atoms with van der Waals surface area (Å²) in [6.07, 6.45) is 3.38. The summed E-state index contributed by atoms with van der Waals surface area (Å²) in [5.74, 6) is -1.30. The minimum atomic E-state index is -0.976. The lowest BCUT2D eigenvalue weighted by Gasteiger charge is -2.54. The first kappa shape index (κ1) is 18.3. The van der Waals surface area contributed by atoms with Gasteiger partial charge in [-0.2, -0.15) is 0 Å². The van der Waals surface area contributed by atoms with Crippen LogP contribution in [0.1, 0.15) is 31.2 Å². The molecule has 27 heavy (non-hydrogen) atoms. The van der Waals surface area contributed by atoms with Gasteiger partial charge in [-0.3, -0.25) is 9.59 Å². The molecule has 0 aliphatic carbocycles. The van der Waals surface area contributed by atoms with E-state index in [9.17, 15) is 18.4 Å². The van der Waals surface area contributed by atoms with Crippen LogP contribution in [-0.2, 0) is 16.0 Å². The Hall–Kier alpha value is -2.02. The average Bonchev–Trinajstić information content (AvgIpc) is 2.66. The quantitative estimate of drug-likeness (QED) is 0.838. The fraction of sp³-hybridized carbons (Fsp3) is 0.600. The van der Waals surface area contributed by atoms with Crippen LogP contribution in [0.2, 0.25) is 0 Å². The molecule has 3 heterocycles. The van der Waals surface area contributed by atoms with E-state index < -0.39 is 11.6 Å². The van der Waals surface area contributed by atoms with Gasteiger partial charge in [0.15, 0.2) is 11.6 Å². The molecule has 4 rings (SSSR count). The molecule has 5 nitrogen and oxygen atoms in total. The number of fused-ring (bicyclic) bond motifs is 4. The van der Waals surface area contributed by atoms with E-state index in [-0.39, 0.29) is 35.9 Å². The summed E-state index contributed by atoms with van der Waals surface area (Å²) in [4.78, 5) is 26.9. The zero-order valence-electron chi connectivity index (χ0n) is 15.2. The second kappa shape index (κ2) is 7.54. The molecule has 2 amide bonds. The van der Waals surface area contributed by atoms with E-state index in [0.717, 1.165) is 38.4 Å². The van der Waals surface area contributed by atoms with Gasteiger partial charge in [0.2, 0.25) is 11.8 Å². The summed E-state index contributed by atoms with van der Waals surface area (Å²) >= 11 is 0. The highest BCUT2D eigenvalue weighted by atomic mass is 19.2. The third-order valence-electron chi connectivity index (χ3n) is 6.29. The number of nitrogens with one attached hydrogen (secondary N) is 2. The average molecular weight is 377 g/mol. The smallest absolute Gasteiger partial charge is 0.224 e. The maximum absolute atomic E-state index is 13.8. The summed E-state index contributed by atoms with van der Waals surface area (Å²) in [6, 6.07) is 4.06. The summed E-state index contributed by atoms with van der Waals surface area (Å²) < 4.78 is 27.1. The normalized spacial score (nSPS) is 30.0. The van der Waals surface area contributed by atoms with Crippen molar-refractivity contribution in [1.29, 1.82) is 0 Å². The van der Waals surface area contributed by atoms with Crippen molar-refractivity contribution in [3.05, 3.63) is 35.4 Å². The molecule has 3 aliphatic heterocycles. The Morgan fingerprint density at radius 2 is 2.07 bits per heavy atom. The number of benzene rings is 1. The van der Waals surface area contributed by atoms with Crippen LogP contribution in [0.25, 0.3) is 0 Å². The van der Waals surface area contributed by atoms with Gasteiger partial charge in [0.05, 0.1) is 12.5 Å². The maximum atomic E-state index is 13.8. The highest BCUT2D eigenvalue weighted by molar-refractivity contribution is 5.79. The Labute approximate surface area is 157 Å². The molecule has 3 aliphatic rings. The van der Waals surface area contributed by atoms with Crippen LogP contribution in [0.15, 0.2) is 18.2 Å². The second-order valence-electron chi connectivity index (χ2n) is 7.94. The third-order valence-corrected chi connectivity index (χ3v) is 6.29. The van der Waals surface area contributed by atoms with Crippen molar-refractivity contribution in [2.24, 2.45) is 11.8 Å². The zero-order chi connectivity index (χ0) is 19.0. The molecular formula is C20H25F2N3O2. The number of hydrogen-bond donors (Lipinski definition) is 2. The lowest BCUT2D eigenvalue weighted by Crippen LogP contribution is -2.66. The molecule has 3 fully saturated rings. The minimum absolute atomic E-state index is 0.0341. The first-order valence-electron chi connectivity index (χ1n) is 9.76. The van der Waals surface area contributed by atoms with Crippen LogP contribution < -0.4 is 10.6 Å². The zero-order valence-corrected chi connectivity index (χ0v) is 15.2. The topological polar surface area (TPSA) is 61.4 Å². The van der Waals surface area contributed by atoms with Crippen molar-refractivity contribution in [3.63, 3.8) is 0 Å². The van der Waals surface area contributed by atoms with Gasteiger partial charge in [0, 0.05) is 31.1 Å². The van der Waals surface area contributed by atoms with Crippen molar-refractivity contribution in [3.8, 4) is 0 Å². The fourth-order valence-electron chi connectivity index (χ4n) is 5.04. The molecule has 1 aromatic rings. The Morgan fingerprint density at radius 1 is 1.26 bits per heavy atom. The number of nitrogens with zero attached hydrogens (tertiary/aromatic N) is 1. The van der Waals surface area contributed by atoms with Crippen LogP contribution in [0.5, 0.6) is 0 Å². The van der Waals surface area contributed by atoms with E-state index in [1.807, 2.05) is 4.90 Å². The van der Waals surface area contributed by atoms with Crippen molar-refractivity contribution < 1.29 is 18.4 Å². The van der Waals surface area contributed by atoms with Crippen molar-refractivity contribution >= 4 is 11.8 Å². The molecule has 4 atom stereocenters. The predicted octanol–water partition coefficient (Wildman–Crippen LogP) is 1.61. The molecule has 3 saturated heterocycles. The Bertz CT molecular complexity index is 742. The lowest BCUT2D eigenvalue weighted by atomic mass is 9.72. The van der Waals surface area contributed by atoms with Crippen LogP contribution in [0.3, 0.4) is 0 Å². The monoisotopic (exact) mass is 377 g/mol. The molecular weight excluding hydrogens is 352 g/mol. The summed E-state index contributed by atoms with van der Waals surface area (Å²) in [5, 5.41) is 6.32. The highest BCUT2D eigenvalue weighted by Gasteiger charge is 2.47. The molecule has 0 unspecified atom stereocenters. The molecule has 0 aromatic heterocycles. The number of rotatable bonds is 4. The van der Waals surface area contributed by atoms with E-state index in [4.69, 9.17) is 0 Å². The van der Waals surface area contributed by atoms with Gasteiger partial charge >= 0.3 is 0 Å². The molecule has 0 saturated carbocycles. The molecule has 2 bridgehead atoms. The highest BCUT2D eigenvalue weighted by Crippen LogP contribution is 2.39. The van der Waals surface area contributed by atoms with Crippen molar-refractivity contribution in [2.45, 2.75) is 44.2 Å². The summed E-state index contributed by atoms with van der Waals surface area (Å²) in [7, 11) is 0. The largest absolute Gasteiger partial charge is 0.354 e. The van der Waals surface area contributed by atoms with Gasteiger partial charge in [-0.05, 0) is 43.7 Å². The number of amides is 2. The lowest BCUT2D eigenvalue weighted by molar-refractivity contribution is -0.149. The van der Waals surface area contributed by atoms with Gasteiger partial charge in [-0.1, -0.05) is 12.1 Å². The second-order valence-corrected chi connectivity index (χ2v) is 7.94.